The van der Waals surface area contributed by atoms with Crippen molar-refractivity contribution in [2.45, 2.75) is 18.9 Å². The summed E-state index contributed by atoms with van der Waals surface area (Å²) in [5.41, 5.74) is 1.35. The molecule has 1 N–H and O–H groups in total. The molecular formula is C17H21N5O2. The van der Waals surface area contributed by atoms with Gasteiger partial charge < -0.3 is 14.9 Å². The average Bonchev–Trinajstić information content (AvgIpc) is 3.00. The first kappa shape index (κ1) is 16.3. The Hall–Kier alpha value is -2.54. The van der Waals surface area contributed by atoms with Crippen molar-refractivity contribution in [2.75, 3.05) is 32.1 Å². The lowest BCUT2D eigenvalue weighted by Crippen LogP contribution is -2.37. The van der Waals surface area contributed by atoms with E-state index in [1.807, 2.05) is 11.9 Å². The lowest BCUT2D eigenvalue weighted by molar-refractivity contribution is 0.0697. The Balaban J connectivity index is 1.81. The van der Waals surface area contributed by atoms with Crippen molar-refractivity contribution in [3.05, 3.63) is 36.2 Å². The molecule has 0 spiro atoms. The summed E-state index contributed by atoms with van der Waals surface area (Å²) in [7, 11) is 4.12. The van der Waals surface area contributed by atoms with Crippen molar-refractivity contribution in [1.29, 1.82) is 0 Å². The fourth-order valence-electron chi connectivity index (χ4n) is 2.99. The van der Waals surface area contributed by atoms with Crippen LogP contribution in [0.25, 0.3) is 11.4 Å². The summed E-state index contributed by atoms with van der Waals surface area (Å²) in [5.74, 6) is -0.357. The third kappa shape index (κ3) is 3.51. The van der Waals surface area contributed by atoms with Crippen LogP contribution in [0.2, 0.25) is 0 Å². The highest BCUT2D eigenvalue weighted by Gasteiger charge is 2.23. The normalized spacial score (nSPS) is 17.8. The van der Waals surface area contributed by atoms with Crippen LogP contribution < -0.4 is 4.90 Å². The van der Waals surface area contributed by atoms with Crippen molar-refractivity contribution in [1.82, 2.24) is 19.9 Å². The van der Waals surface area contributed by atoms with Gasteiger partial charge in [0.2, 0.25) is 5.95 Å². The van der Waals surface area contributed by atoms with Gasteiger partial charge in [0.15, 0.2) is 0 Å². The number of hydrogen-bond donors (Lipinski definition) is 1. The highest BCUT2D eigenvalue weighted by atomic mass is 16.4. The van der Waals surface area contributed by atoms with E-state index in [2.05, 4.69) is 26.9 Å². The first-order chi connectivity index (χ1) is 11.5. The minimum Gasteiger partial charge on any atom is -0.478 e. The number of hydrogen-bond acceptors (Lipinski definition) is 6. The summed E-state index contributed by atoms with van der Waals surface area (Å²) in [6.07, 6.45) is 5.57. The van der Waals surface area contributed by atoms with Gasteiger partial charge in [-0.2, -0.15) is 0 Å². The Morgan fingerprint density at radius 2 is 2.12 bits per heavy atom. The van der Waals surface area contributed by atoms with E-state index in [0.29, 0.717) is 23.4 Å². The zero-order valence-corrected chi connectivity index (χ0v) is 13.9. The number of nitrogens with zero attached hydrogens (tertiary/aromatic N) is 5. The molecule has 7 heteroatoms. The van der Waals surface area contributed by atoms with E-state index in [9.17, 15) is 4.79 Å². The van der Waals surface area contributed by atoms with Gasteiger partial charge in [0.25, 0.3) is 0 Å². The molecule has 0 unspecified atom stereocenters. The molecule has 1 atom stereocenters. The predicted octanol–water partition coefficient (Wildman–Crippen LogP) is 1.77. The summed E-state index contributed by atoms with van der Waals surface area (Å²) in [5, 5.41) is 9.11. The molecule has 0 aliphatic carbocycles. The lowest BCUT2D eigenvalue weighted by atomic mass is 10.2. The van der Waals surface area contributed by atoms with Gasteiger partial charge in [-0.1, -0.05) is 0 Å². The molecule has 7 nitrogen and oxygen atoms in total. The van der Waals surface area contributed by atoms with Crippen LogP contribution in [-0.2, 0) is 0 Å². The molecule has 2 aromatic heterocycles. The molecule has 126 valence electrons. The Bertz CT molecular complexity index is 736. The first-order valence-electron chi connectivity index (χ1n) is 7.99. The number of carboxylic acids is 1. The second-order valence-corrected chi connectivity index (χ2v) is 6.13. The van der Waals surface area contributed by atoms with Gasteiger partial charge in [-0.3, -0.25) is 4.98 Å². The van der Waals surface area contributed by atoms with Gasteiger partial charge in [-0.05, 0) is 44.6 Å². The molecule has 0 saturated carbocycles. The molecule has 2 aromatic rings. The van der Waals surface area contributed by atoms with Gasteiger partial charge in [0.1, 0.15) is 0 Å². The standard InChI is InChI=1S/C17H21N5O2/c1-21-9-3-4-13(21)11-22(2)17-19-8-6-14(20-17)15-10-12(16(23)24)5-7-18-15/h5-8,10,13H,3-4,9,11H2,1-2H3,(H,23,24)/t13-/m0/s1. The van der Waals surface area contributed by atoms with Crippen LogP contribution in [0, 0.1) is 0 Å². The molecule has 1 aliphatic heterocycles. The van der Waals surface area contributed by atoms with Crippen LogP contribution >= 0.6 is 0 Å². The summed E-state index contributed by atoms with van der Waals surface area (Å²) >= 11 is 0. The zero-order valence-electron chi connectivity index (χ0n) is 13.9. The van der Waals surface area contributed by atoms with Crippen molar-refractivity contribution >= 4 is 11.9 Å². The summed E-state index contributed by atoms with van der Waals surface area (Å²) in [4.78, 5) is 28.6. The fraction of sp³-hybridized carbons (Fsp3) is 0.412. The molecule has 1 aliphatic rings. The Morgan fingerprint density at radius 1 is 1.33 bits per heavy atom. The largest absolute Gasteiger partial charge is 0.478 e. The van der Waals surface area contributed by atoms with Crippen molar-refractivity contribution < 1.29 is 9.90 Å². The number of carbonyl (C=O) groups is 1. The number of rotatable bonds is 5. The van der Waals surface area contributed by atoms with E-state index >= 15 is 0 Å². The van der Waals surface area contributed by atoms with Gasteiger partial charge in [-0.15, -0.1) is 0 Å². The molecule has 1 fully saturated rings. The van der Waals surface area contributed by atoms with Gasteiger partial charge in [0, 0.05) is 32.0 Å². The fourth-order valence-corrected chi connectivity index (χ4v) is 2.99. The molecule has 3 heterocycles. The molecular weight excluding hydrogens is 306 g/mol. The number of carboxylic acid groups (broad SMARTS) is 1. The van der Waals surface area contributed by atoms with Gasteiger partial charge >= 0.3 is 5.97 Å². The maximum atomic E-state index is 11.1. The monoisotopic (exact) mass is 327 g/mol. The smallest absolute Gasteiger partial charge is 0.335 e. The van der Waals surface area contributed by atoms with Crippen LogP contribution in [0.3, 0.4) is 0 Å². The first-order valence-corrected chi connectivity index (χ1v) is 7.99. The SMILES string of the molecule is CN(C[C@@H]1CCCN1C)c1nccc(-c2cc(C(=O)O)ccn2)n1. The molecule has 1 saturated heterocycles. The number of aromatic carboxylic acids is 1. The third-order valence-corrected chi connectivity index (χ3v) is 4.41. The topological polar surface area (TPSA) is 82.5 Å². The molecule has 0 radical (unpaired) electrons. The number of pyridine rings is 1. The lowest BCUT2D eigenvalue weighted by Gasteiger charge is -2.25. The number of anilines is 1. The van der Waals surface area contributed by atoms with Crippen molar-refractivity contribution in [2.24, 2.45) is 0 Å². The second-order valence-electron chi connectivity index (χ2n) is 6.13. The van der Waals surface area contributed by atoms with Crippen molar-refractivity contribution in [3.8, 4) is 11.4 Å². The summed E-state index contributed by atoms with van der Waals surface area (Å²) in [6, 6.07) is 5.25. The van der Waals surface area contributed by atoms with E-state index in [-0.39, 0.29) is 5.56 Å². The van der Waals surface area contributed by atoms with E-state index in [1.54, 1.807) is 12.3 Å². The third-order valence-electron chi connectivity index (χ3n) is 4.41. The summed E-state index contributed by atoms with van der Waals surface area (Å²) in [6.45, 7) is 1.99. The maximum absolute atomic E-state index is 11.1. The second kappa shape index (κ2) is 6.92. The molecule has 0 aromatic carbocycles. The zero-order chi connectivity index (χ0) is 17.1. The van der Waals surface area contributed by atoms with Crippen LogP contribution in [0.4, 0.5) is 5.95 Å². The van der Waals surface area contributed by atoms with Gasteiger partial charge in [-0.25, -0.2) is 14.8 Å². The van der Waals surface area contributed by atoms with E-state index in [1.165, 1.54) is 31.2 Å². The maximum Gasteiger partial charge on any atom is 0.335 e. The van der Waals surface area contributed by atoms with Gasteiger partial charge in [0.05, 0.1) is 17.0 Å². The predicted molar refractivity (Wildman–Crippen MR) is 91.1 cm³/mol. The van der Waals surface area contributed by atoms with Crippen LogP contribution in [-0.4, -0.2) is 64.2 Å². The average molecular weight is 327 g/mol. The molecule has 3 rings (SSSR count). The van der Waals surface area contributed by atoms with Crippen LogP contribution in [0.1, 0.15) is 23.2 Å². The van der Waals surface area contributed by atoms with Crippen molar-refractivity contribution in [3.63, 3.8) is 0 Å². The highest BCUT2D eigenvalue weighted by molar-refractivity contribution is 5.88. The Kier molecular flexibility index (Phi) is 4.71. The Morgan fingerprint density at radius 3 is 2.83 bits per heavy atom. The Labute approximate surface area is 141 Å². The van der Waals surface area contributed by atoms with E-state index in [0.717, 1.165) is 13.1 Å². The minimum atomic E-state index is -0.977. The quantitative estimate of drug-likeness (QED) is 0.896. The highest BCUT2D eigenvalue weighted by Crippen LogP contribution is 2.20. The van der Waals surface area contributed by atoms with E-state index in [4.69, 9.17) is 5.11 Å². The van der Waals surface area contributed by atoms with Crippen LogP contribution in [0.5, 0.6) is 0 Å². The van der Waals surface area contributed by atoms with E-state index < -0.39 is 5.97 Å². The van der Waals surface area contributed by atoms with Crippen LogP contribution in [0.15, 0.2) is 30.6 Å². The number of likely N-dealkylation sites (tertiary alicyclic amines) is 1. The number of likely N-dealkylation sites (N-methyl/N-ethyl adjacent to an activating group) is 2. The molecule has 0 bridgehead atoms. The minimum absolute atomic E-state index is 0.195. The molecule has 0 amide bonds. The number of aromatic nitrogens is 3. The molecule has 24 heavy (non-hydrogen) atoms. The summed E-state index contributed by atoms with van der Waals surface area (Å²) < 4.78 is 0.